The van der Waals surface area contributed by atoms with Gasteiger partial charge in [0, 0.05) is 6.20 Å². The van der Waals surface area contributed by atoms with E-state index in [4.69, 9.17) is 0 Å². The average Bonchev–Trinajstić information content (AvgIpc) is 2.18. The topological polar surface area (TPSA) is 51.2 Å². The van der Waals surface area contributed by atoms with Crippen LogP contribution in [-0.2, 0) is 9.53 Å². The molecule has 0 radical (unpaired) electrons. The molecular weight excluding hydrogens is 175 g/mol. The van der Waals surface area contributed by atoms with Crippen LogP contribution in [-0.4, -0.2) is 24.4 Å². The first-order valence-corrected chi connectivity index (χ1v) is 3.62. The summed E-state index contributed by atoms with van der Waals surface area (Å²) in [5, 5.41) is 2.29. The number of aromatic nitrogens is 1. The molecule has 0 aliphatic carbocycles. The third-order valence-electron chi connectivity index (χ3n) is 1.36. The van der Waals surface area contributed by atoms with Crippen molar-refractivity contribution in [3.8, 4) is 0 Å². The number of rotatable bonds is 3. The first kappa shape index (κ1) is 9.44. The number of anilines is 1. The Morgan fingerprint density at radius 3 is 3.08 bits per heavy atom. The molecule has 1 heterocycles. The summed E-state index contributed by atoms with van der Waals surface area (Å²) in [5.41, 5.74) is 0.431. The van der Waals surface area contributed by atoms with E-state index in [2.05, 4.69) is 15.0 Å². The Balaban J connectivity index is 2.55. The second kappa shape index (κ2) is 4.39. The Kier molecular flexibility index (Phi) is 3.19. The molecule has 0 spiro atoms. The molecule has 1 atom stereocenters. The first-order valence-electron chi connectivity index (χ1n) is 3.62. The second-order valence-electron chi connectivity index (χ2n) is 2.27. The van der Waals surface area contributed by atoms with Gasteiger partial charge in [0.2, 0.25) is 0 Å². The predicted molar refractivity (Wildman–Crippen MR) is 44.8 cm³/mol. The minimum atomic E-state index is -1.85. The van der Waals surface area contributed by atoms with Gasteiger partial charge in [0.15, 0.2) is 0 Å². The summed E-state index contributed by atoms with van der Waals surface area (Å²) >= 11 is 0. The van der Waals surface area contributed by atoms with E-state index in [1.54, 1.807) is 18.3 Å². The van der Waals surface area contributed by atoms with E-state index < -0.39 is 12.3 Å². The van der Waals surface area contributed by atoms with Crippen LogP contribution in [0.1, 0.15) is 0 Å². The van der Waals surface area contributed by atoms with Crippen molar-refractivity contribution in [2.45, 2.75) is 6.30 Å². The highest BCUT2D eigenvalue weighted by molar-refractivity contribution is 5.77. The lowest BCUT2D eigenvalue weighted by atomic mass is 10.4. The lowest BCUT2D eigenvalue weighted by Crippen LogP contribution is -2.25. The molecule has 0 saturated carbocycles. The van der Waals surface area contributed by atoms with Crippen LogP contribution >= 0.6 is 0 Å². The summed E-state index contributed by atoms with van der Waals surface area (Å²) in [7, 11) is 1.12. The lowest BCUT2D eigenvalue weighted by molar-refractivity contribution is -0.145. The van der Waals surface area contributed by atoms with Gasteiger partial charge in [-0.3, -0.25) is 4.98 Å². The molecule has 0 bridgehead atoms. The van der Waals surface area contributed by atoms with Crippen LogP contribution < -0.4 is 5.32 Å². The molecule has 0 aliphatic rings. The van der Waals surface area contributed by atoms with Crippen molar-refractivity contribution in [2.75, 3.05) is 12.4 Å². The maximum absolute atomic E-state index is 12.9. The van der Waals surface area contributed by atoms with Crippen LogP contribution in [0.25, 0.3) is 0 Å². The quantitative estimate of drug-likeness (QED) is 0.561. The predicted octanol–water partition coefficient (Wildman–Crippen LogP) is 0.962. The van der Waals surface area contributed by atoms with Gasteiger partial charge in [0.25, 0.3) is 6.30 Å². The second-order valence-corrected chi connectivity index (χ2v) is 2.27. The molecule has 1 aromatic heterocycles. The van der Waals surface area contributed by atoms with Gasteiger partial charge < -0.3 is 10.1 Å². The van der Waals surface area contributed by atoms with Crippen LogP contribution in [0.15, 0.2) is 24.5 Å². The molecule has 4 nitrogen and oxygen atoms in total. The van der Waals surface area contributed by atoms with Gasteiger partial charge in [-0.1, -0.05) is 0 Å². The lowest BCUT2D eigenvalue weighted by Gasteiger charge is -2.08. The fraction of sp³-hybridized carbons (Fsp3) is 0.250. The van der Waals surface area contributed by atoms with E-state index in [1.807, 2.05) is 0 Å². The molecule has 5 heteroatoms. The van der Waals surface area contributed by atoms with Crippen molar-refractivity contribution in [3.63, 3.8) is 0 Å². The molecule has 70 valence electrons. The fourth-order valence-electron chi connectivity index (χ4n) is 0.757. The van der Waals surface area contributed by atoms with Gasteiger partial charge in [0.1, 0.15) is 0 Å². The number of halogens is 1. The Bertz CT molecular complexity index is 279. The Hall–Kier alpha value is -1.65. The number of nitrogens with one attached hydrogen (secondary N) is 1. The molecule has 1 unspecified atom stereocenters. The molecule has 0 aliphatic heterocycles. The third-order valence-corrected chi connectivity index (χ3v) is 1.36. The maximum Gasteiger partial charge on any atom is 0.361 e. The average molecular weight is 184 g/mol. The number of carbonyl (C=O) groups is 1. The molecule has 1 rings (SSSR count). The number of hydrogen-bond donors (Lipinski definition) is 1. The largest absolute Gasteiger partial charge is 0.465 e. The number of ether oxygens (including phenoxy) is 1. The standard InChI is InChI=1S/C8H9FN2O2/c1-13-8(12)7(9)11-6-3-2-4-10-5-6/h2-5,7,11H,1H3. The van der Waals surface area contributed by atoms with Crippen LogP contribution in [0.5, 0.6) is 0 Å². The molecule has 0 fully saturated rings. The molecular formula is C8H9FN2O2. The number of methoxy groups -OCH3 is 1. The number of carbonyl (C=O) groups excluding carboxylic acids is 1. The molecule has 13 heavy (non-hydrogen) atoms. The van der Waals surface area contributed by atoms with Crippen molar-refractivity contribution < 1.29 is 13.9 Å². The summed E-state index contributed by atoms with van der Waals surface area (Å²) < 4.78 is 17.1. The highest BCUT2D eigenvalue weighted by Gasteiger charge is 2.16. The summed E-state index contributed by atoms with van der Waals surface area (Å²) in [6.45, 7) is 0. The van der Waals surface area contributed by atoms with E-state index >= 15 is 0 Å². The minimum absolute atomic E-state index is 0.431. The van der Waals surface area contributed by atoms with Gasteiger partial charge in [0.05, 0.1) is 19.0 Å². The van der Waals surface area contributed by atoms with Crippen LogP contribution in [0.4, 0.5) is 10.1 Å². The van der Waals surface area contributed by atoms with Crippen LogP contribution in [0, 0.1) is 0 Å². The van der Waals surface area contributed by atoms with E-state index in [1.165, 1.54) is 6.20 Å². The Morgan fingerprint density at radius 2 is 2.54 bits per heavy atom. The summed E-state index contributed by atoms with van der Waals surface area (Å²) in [6, 6.07) is 3.23. The number of esters is 1. The normalized spacial score (nSPS) is 11.8. The SMILES string of the molecule is COC(=O)C(F)Nc1cccnc1. The van der Waals surface area contributed by atoms with Gasteiger partial charge >= 0.3 is 5.97 Å². The molecule has 1 aromatic rings. The molecule has 0 amide bonds. The monoisotopic (exact) mass is 184 g/mol. The Morgan fingerprint density at radius 1 is 1.77 bits per heavy atom. The number of alkyl halides is 1. The van der Waals surface area contributed by atoms with Crippen molar-refractivity contribution in [3.05, 3.63) is 24.5 Å². The highest BCUT2D eigenvalue weighted by Crippen LogP contribution is 2.06. The van der Waals surface area contributed by atoms with Crippen LogP contribution in [0.2, 0.25) is 0 Å². The highest BCUT2D eigenvalue weighted by atomic mass is 19.1. The minimum Gasteiger partial charge on any atom is -0.465 e. The van der Waals surface area contributed by atoms with Gasteiger partial charge in [-0.05, 0) is 12.1 Å². The van der Waals surface area contributed by atoms with Crippen molar-refractivity contribution in [1.82, 2.24) is 4.98 Å². The van der Waals surface area contributed by atoms with E-state index in [-0.39, 0.29) is 0 Å². The zero-order chi connectivity index (χ0) is 9.68. The fourth-order valence-corrected chi connectivity index (χ4v) is 0.757. The summed E-state index contributed by atoms with van der Waals surface area (Å²) in [4.78, 5) is 14.4. The number of pyridine rings is 1. The van der Waals surface area contributed by atoms with Crippen molar-refractivity contribution in [1.29, 1.82) is 0 Å². The number of hydrogen-bond acceptors (Lipinski definition) is 4. The third kappa shape index (κ3) is 2.70. The van der Waals surface area contributed by atoms with E-state index in [0.29, 0.717) is 5.69 Å². The van der Waals surface area contributed by atoms with Crippen LogP contribution in [0.3, 0.4) is 0 Å². The zero-order valence-corrected chi connectivity index (χ0v) is 7.03. The molecule has 0 saturated heterocycles. The van der Waals surface area contributed by atoms with Crippen molar-refractivity contribution in [2.24, 2.45) is 0 Å². The summed E-state index contributed by atoms with van der Waals surface area (Å²) in [6.07, 6.45) is 1.11. The first-order chi connectivity index (χ1) is 6.24. The van der Waals surface area contributed by atoms with Gasteiger partial charge in [-0.2, -0.15) is 0 Å². The number of nitrogens with zero attached hydrogens (tertiary/aromatic N) is 1. The Labute approximate surface area is 74.7 Å². The van der Waals surface area contributed by atoms with E-state index in [0.717, 1.165) is 7.11 Å². The van der Waals surface area contributed by atoms with Crippen molar-refractivity contribution >= 4 is 11.7 Å². The van der Waals surface area contributed by atoms with E-state index in [9.17, 15) is 9.18 Å². The zero-order valence-electron chi connectivity index (χ0n) is 7.03. The smallest absolute Gasteiger partial charge is 0.361 e. The van der Waals surface area contributed by atoms with Gasteiger partial charge in [-0.25, -0.2) is 9.18 Å². The molecule has 0 aromatic carbocycles. The maximum atomic E-state index is 12.9. The molecule has 1 N–H and O–H groups in total. The van der Waals surface area contributed by atoms with Gasteiger partial charge in [-0.15, -0.1) is 0 Å². The summed E-state index contributed by atoms with van der Waals surface area (Å²) in [5.74, 6) is -0.955.